The quantitative estimate of drug-likeness (QED) is 0.882. The van der Waals surface area contributed by atoms with Crippen LogP contribution >= 0.6 is 15.9 Å². The van der Waals surface area contributed by atoms with E-state index in [1.165, 1.54) is 0 Å². The molecule has 0 fully saturated rings. The molecule has 0 saturated carbocycles. The minimum Gasteiger partial charge on any atom is -0.326 e. The number of carbonyl (C=O) groups excluding carboxylic acids is 1. The van der Waals surface area contributed by atoms with E-state index in [1.54, 1.807) is 0 Å². The van der Waals surface area contributed by atoms with Gasteiger partial charge in [0, 0.05) is 16.6 Å². The molecular weight excluding hydrogens is 266 g/mol. The molecule has 0 aliphatic carbocycles. The molecule has 0 unspecified atom stereocenters. The largest absolute Gasteiger partial charge is 0.326 e. The number of rotatable bonds is 4. The Hall–Kier alpha value is -0.830. The number of carbonyl (C=O) groups is 1. The second kappa shape index (κ2) is 6.04. The maximum Gasteiger partial charge on any atom is 0.224 e. The van der Waals surface area contributed by atoms with E-state index in [0.29, 0.717) is 6.42 Å². The molecule has 0 atom stereocenters. The van der Waals surface area contributed by atoms with Crippen LogP contribution in [0.25, 0.3) is 0 Å². The average molecular weight is 284 g/mol. The Morgan fingerprint density at radius 1 is 1.31 bits per heavy atom. The smallest absolute Gasteiger partial charge is 0.224 e. The molecular formula is C13H18BrNO. The minimum atomic E-state index is 0.1000. The third-order valence-electron chi connectivity index (χ3n) is 2.48. The van der Waals surface area contributed by atoms with Gasteiger partial charge in [0.05, 0.1) is 0 Å². The van der Waals surface area contributed by atoms with Crippen molar-refractivity contribution >= 4 is 27.5 Å². The van der Waals surface area contributed by atoms with Crippen LogP contribution in [-0.4, -0.2) is 5.91 Å². The molecule has 1 amide bonds. The van der Waals surface area contributed by atoms with Gasteiger partial charge in [-0.2, -0.15) is 0 Å². The number of halogens is 1. The summed E-state index contributed by atoms with van der Waals surface area (Å²) in [5.74, 6) is 0.1000. The third kappa shape index (κ3) is 3.63. The van der Waals surface area contributed by atoms with E-state index in [-0.39, 0.29) is 5.91 Å². The molecule has 1 N–H and O–H groups in total. The molecule has 0 heterocycles. The summed E-state index contributed by atoms with van der Waals surface area (Å²) in [5, 5.41) is 2.93. The first-order valence-corrected chi connectivity index (χ1v) is 6.40. The highest BCUT2D eigenvalue weighted by Gasteiger charge is 2.05. The summed E-state index contributed by atoms with van der Waals surface area (Å²) in [7, 11) is 0. The number of anilines is 1. The highest BCUT2D eigenvalue weighted by Crippen LogP contribution is 2.25. The lowest BCUT2D eigenvalue weighted by Gasteiger charge is -2.09. The Morgan fingerprint density at radius 2 is 1.88 bits per heavy atom. The lowest BCUT2D eigenvalue weighted by Crippen LogP contribution is -2.11. The maximum absolute atomic E-state index is 11.6. The number of hydrogen-bond acceptors (Lipinski definition) is 1. The first kappa shape index (κ1) is 13.2. The second-order valence-corrected chi connectivity index (χ2v) is 4.87. The fourth-order valence-corrected chi connectivity index (χ4v) is 1.81. The van der Waals surface area contributed by atoms with Gasteiger partial charge in [-0.1, -0.05) is 29.3 Å². The predicted octanol–water partition coefficient (Wildman–Crippen LogP) is 4.19. The summed E-state index contributed by atoms with van der Waals surface area (Å²) >= 11 is 3.51. The number of amides is 1. The zero-order chi connectivity index (χ0) is 12.1. The third-order valence-corrected chi connectivity index (χ3v) is 3.73. The van der Waals surface area contributed by atoms with Gasteiger partial charge in [-0.3, -0.25) is 4.79 Å². The van der Waals surface area contributed by atoms with E-state index in [4.69, 9.17) is 0 Å². The Morgan fingerprint density at radius 3 is 2.38 bits per heavy atom. The summed E-state index contributed by atoms with van der Waals surface area (Å²) in [5.41, 5.74) is 3.18. The normalized spacial score (nSPS) is 10.2. The zero-order valence-electron chi connectivity index (χ0n) is 10.1. The van der Waals surface area contributed by atoms with Crippen LogP contribution in [0, 0.1) is 13.8 Å². The van der Waals surface area contributed by atoms with Crippen LogP contribution in [-0.2, 0) is 4.79 Å². The molecule has 3 heteroatoms. The standard InChI is InChI=1S/C13H18BrNO/c1-4-5-6-12(16)15-11-7-9(2)13(14)10(3)8-11/h7-8H,4-6H2,1-3H3,(H,15,16). The molecule has 0 aromatic heterocycles. The van der Waals surface area contributed by atoms with Crippen molar-refractivity contribution in [2.24, 2.45) is 0 Å². The van der Waals surface area contributed by atoms with Crippen molar-refractivity contribution in [1.82, 2.24) is 0 Å². The van der Waals surface area contributed by atoms with E-state index in [0.717, 1.165) is 34.1 Å². The molecule has 1 rings (SSSR count). The van der Waals surface area contributed by atoms with Crippen molar-refractivity contribution in [3.63, 3.8) is 0 Å². The van der Waals surface area contributed by atoms with Crippen LogP contribution in [0.15, 0.2) is 16.6 Å². The molecule has 88 valence electrons. The molecule has 0 spiro atoms. The van der Waals surface area contributed by atoms with Gasteiger partial charge >= 0.3 is 0 Å². The molecule has 0 aliphatic rings. The van der Waals surface area contributed by atoms with Crippen molar-refractivity contribution in [3.8, 4) is 0 Å². The van der Waals surface area contributed by atoms with Gasteiger partial charge in [0.1, 0.15) is 0 Å². The number of benzene rings is 1. The Bertz CT molecular complexity index is 365. The van der Waals surface area contributed by atoms with Crippen LogP contribution in [0.3, 0.4) is 0 Å². The van der Waals surface area contributed by atoms with Crippen LogP contribution in [0.5, 0.6) is 0 Å². The van der Waals surface area contributed by atoms with Crippen LogP contribution in [0.4, 0.5) is 5.69 Å². The molecule has 16 heavy (non-hydrogen) atoms. The summed E-state index contributed by atoms with van der Waals surface area (Å²) in [6, 6.07) is 3.97. The second-order valence-electron chi connectivity index (χ2n) is 4.08. The molecule has 1 aromatic carbocycles. The molecule has 0 aliphatic heterocycles. The lowest BCUT2D eigenvalue weighted by molar-refractivity contribution is -0.116. The molecule has 0 saturated heterocycles. The number of aryl methyl sites for hydroxylation is 2. The van der Waals surface area contributed by atoms with E-state index in [1.807, 2.05) is 26.0 Å². The Balaban J connectivity index is 2.71. The van der Waals surface area contributed by atoms with Crippen molar-refractivity contribution in [2.75, 3.05) is 5.32 Å². The van der Waals surface area contributed by atoms with Gasteiger partial charge in [-0.25, -0.2) is 0 Å². The predicted molar refractivity (Wildman–Crippen MR) is 71.8 cm³/mol. The van der Waals surface area contributed by atoms with Gasteiger partial charge < -0.3 is 5.32 Å². The van der Waals surface area contributed by atoms with E-state index < -0.39 is 0 Å². The van der Waals surface area contributed by atoms with E-state index in [2.05, 4.69) is 28.2 Å². The van der Waals surface area contributed by atoms with Crippen LogP contribution in [0.2, 0.25) is 0 Å². The first-order valence-electron chi connectivity index (χ1n) is 5.61. The van der Waals surface area contributed by atoms with E-state index >= 15 is 0 Å². The number of nitrogens with one attached hydrogen (secondary N) is 1. The summed E-state index contributed by atoms with van der Waals surface area (Å²) < 4.78 is 1.11. The highest BCUT2D eigenvalue weighted by molar-refractivity contribution is 9.10. The molecule has 0 radical (unpaired) electrons. The Kier molecular flexibility index (Phi) is 5.00. The van der Waals surface area contributed by atoms with Gasteiger partial charge in [0.25, 0.3) is 0 Å². The maximum atomic E-state index is 11.6. The fraction of sp³-hybridized carbons (Fsp3) is 0.462. The van der Waals surface area contributed by atoms with Gasteiger partial charge in [0.15, 0.2) is 0 Å². The van der Waals surface area contributed by atoms with Crippen molar-refractivity contribution in [2.45, 2.75) is 40.0 Å². The van der Waals surface area contributed by atoms with Crippen molar-refractivity contribution in [1.29, 1.82) is 0 Å². The highest BCUT2D eigenvalue weighted by atomic mass is 79.9. The van der Waals surface area contributed by atoms with Crippen LogP contribution in [0.1, 0.15) is 37.3 Å². The van der Waals surface area contributed by atoms with Crippen molar-refractivity contribution < 1.29 is 4.79 Å². The number of unbranched alkanes of at least 4 members (excludes halogenated alkanes) is 1. The molecule has 2 nitrogen and oxygen atoms in total. The van der Waals surface area contributed by atoms with Gasteiger partial charge in [-0.15, -0.1) is 0 Å². The lowest BCUT2D eigenvalue weighted by atomic mass is 10.1. The monoisotopic (exact) mass is 283 g/mol. The van der Waals surface area contributed by atoms with E-state index in [9.17, 15) is 4.79 Å². The zero-order valence-corrected chi connectivity index (χ0v) is 11.6. The SMILES string of the molecule is CCCCC(=O)Nc1cc(C)c(Br)c(C)c1. The topological polar surface area (TPSA) is 29.1 Å². The van der Waals surface area contributed by atoms with Gasteiger partial charge in [-0.05, 0) is 43.5 Å². The first-order chi connectivity index (χ1) is 7.54. The molecule has 1 aromatic rings. The fourth-order valence-electron chi connectivity index (χ4n) is 1.58. The van der Waals surface area contributed by atoms with Gasteiger partial charge in [0.2, 0.25) is 5.91 Å². The average Bonchev–Trinajstić information content (AvgIpc) is 2.23. The van der Waals surface area contributed by atoms with Crippen LogP contribution < -0.4 is 5.32 Å². The Labute approximate surface area is 106 Å². The van der Waals surface area contributed by atoms with Crippen molar-refractivity contribution in [3.05, 3.63) is 27.7 Å². The summed E-state index contributed by atoms with van der Waals surface area (Å²) in [4.78, 5) is 11.6. The molecule has 0 bridgehead atoms. The number of hydrogen-bond donors (Lipinski definition) is 1. The summed E-state index contributed by atoms with van der Waals surface area (Å²) in [6.07, 6.45) is 2.59. The minimum absolute atomic E-state index is 0.1000. The summed E-state index contributed by atoms with van der Waals surface area (Å²) in [6.45, 7) is 6.14.